The highest BCUT2D eigenvalue weighted by Crippen LogP contribution is 2.48. The summed E-state index contributed by atoms with van der Waals surface area (Å²) < 4.78 is 45.8. The molecule has 4 saturated heterocycles. The summed E-state index contributed by atoms with van der Waals surface area (Å²) in [6.07, 6.45) is -4.92. The fourth-order valence-electron chi connectivity index (χ4n) is 10.2. The van der Waals surface area contributed by atoms with Gasteiger partial charge in [-0.1, -0.05) is 58.0 Å². The van der Waals surface area contributed by atoms with Gasteiger partial charge in [-0.25, -0.2) is 0 Å². The summed E-state index contributed by atoms with van der Waals surface area (Å²) in [5.74, 6) is -2.55. The van der Waals surface area contributed by atoms with Gasteiger partial charge in [0.2, 0.25) is 0 Å². The van der Waals surface area contributed by atoms with Gasteiger partial charge in [0.25, 0.3) is 0 Å². The molecule has 12 nitrogen and oxygen atoms in total. The van der Waals surface area contributed by atoms with E-state index >= 15 is 0 Å². The summed E-state index contributed by atoms with van der Waals surface area (Å²) >= 11 is 0. The Hall–Kier alpha value is -1.71. The van der Waals surface area contributed by atoms with Crippen LogP contribution in [0.2, 0.25) is 0 Å². The maximum Gasteiger partial charge on any atom is 0.311 e. The number of carbonyl (C=O) groups excluding carboxylic acids is 1. The first kappa shape index (κ1) is 44.4. The molecular weight excluding hydrogens is 706 g/mol. The van der Waals surface area contributed by atoms with E-state index in [0.717, 1.165) is 5.56 Å². The number of benzene rings is 1. The van der Waals surface area contributed by atoms with Crippen molar-refractivity contribution in [1.29, 1.82) is 0 Å². The van der Waals surface area contributed by atoms with Crippen LogP contribution in [0.3, 0.4) is 0 Å². The molecule has 0 saturated carbocycles. The Balaban J connectivity index is 1.56. The van der Waals surface area contributed by atoms with Gasteiger partial charge in [0.05, 0.1) is 53.7 Å². The van der Waals surface area contributed by atoms with Gasteiger partial charge in [-0.3, -0.25) is 9.69 Å². The number of aliphatic hydroxyl groups is 3. The SMILES string of the molecule is CC[C@@H]1OC(=O)[C@H](C)[C@@H](O[C@H]2C[C@@](C)(OC)C[C@H](C)O2)[C@H](C)[C@@H](O[C@@H]2O[C@H](C)C[C@H](N(C)Cc3ccccc3)[C@H]2O)[C@]2(C)C[C@H](C)[C@@H](O2)[C@@H](C)[C@@H](O)[C@]1(C)O. The predicted octanol–water partition coefficient (Wildman–Crippen LogP) is 5.22. The van der Waals surface area contributed by atoms with Crippen LogP contribution >= 0.6 is 0 Å². The van der Waals surface area contributed by atoms with E-state index in [9.17, 15) is 20.1 Å². The minimum atomic E-state index is -1.77. The molecule has 18 atom stereocenters. The molecule has 55 heavy (non-hydrogen) atoms. The minimum Gasteiger partial charge on any atom is -0.459 e. The molecule has 0 spiro atoms. The van der Waals surface area contributed by atoms with Crippen LogP contribution in [0.15, 0.2) is 30.3 Å². The van der Waals surface area contributed by atoms with E-state index in [1.165, 1.54) is 6.92 Å². The number of rotatable bonds is 9. The Morgan fingerprint density at radius 2 is 1.58 bits per heavy atom. The van der Waals surface area contributed by atoms with E-state index in [4.69, 9.17) is 33.2 Å². The highest BCUT2D eigenvalue weighted by atomic mass is 16.7. The van der Waals surface area contributed by atoms with E-state index in [1.54, 1.807) is 14.0 Å². The van der Waals surface area contributed by atoms with Gasteiger partial charge in [0, 0.05) is 44.4 Å². The number of hydrogen-bond acceptors (Lipinski definition) is 12. The van der Waals surface area contributed by atoms with Gasteiger partial charge in [-0.15, -0.1) is 0 Å². The van der Waals surface area contributed by atoms with E-state index < -0.39 is 89.7 Å². The van der Waals surface area contributed by atoms with Gasteiger partial charge in [-0.2, -0.15) is 0 Å². The fraction of sp³-hybridized carbons (Fsp3) is 0.837. The molecule has 0 aromatic heterocycles. The summed E-state index contributed by atoms with van der Waals surface area (Å²) in [5, 5.41) is 35.7. The molecule has 0 aliphatic carbocycles. The summed E-state index contributed by atoms with van der Waals surface area (Å²) in [5.41, 5.74) is -2.12. The lowest BCUT2D eigenvalue weighted by Crippen LogP contribution is -2.59. The van der Waals surface area contributed by atoms with Crippen LogP contribution in [0.5, 0.6) is 0 Å². The maximum absolute atomic E-state index is 14.3. The lowest BCUT2D eigenvalue weighted by molar-refractivity contribution is -0.312. The van der Waals surface area contributed by atoms with Gasteiger partial charge >= 0.3 is 5.97 Å². The van der Waals surface area contributed by atoms with Crippen LogP contribution in [0.4, 0.5) is 0 Å². The monoisotopic (exact) mass is 778 g/mol. The summed E-state index contributed by atoms with van der Waals surface area (Å²) in [4.78, 5) is 16.4. The maximum atomic E-state index is 14.3. The zero-order chi connectivity index (χ0) is 40.6. The molecule has 3 N–H and O–H groups in total. The van der Waals surface area contributed by atoms with Crippen molar-refractivity contribution >= 4 is 5.97 Å². The molecule has 0 radical (unpaired) electrons. The molecule has 0 amide bonds. The number of nitrogens with zero attached hydrogens (tertiary/aromatic N) is 1. The average Bonchev–Trinajstić information content (AvgIpc) is 3.45. The molecule has 4 heterocycles. The first-order chi connectivity index (χ1) is 25.7. The largest absolute Gasteiger partial charge is 0.459 e. The number of cyclic esters (lactones) is 1. The molecule has 5 rings (SSSR count). The Bertz CT molecular complexity index is 1400. The van der Waals surface area contributed by atoms with E-state index in [-0.39, 0.29) is 30.6 Å². The third-order valence-electron chi connectivity index (χ3n) is 13.3. The van der Waals surface area contributed by atoms with Crippen LogP contribution in [-0.4, -0.2) is 125 Å². The highest BCUT2D eigenvalue weighted by molar-refractivity contribution is 5.73. The van der Waals surface area contributed by atoms with Crippen molar-refractivity contribution in [1.82, 2.24) is 4.90 Å². The number of likely N-dealkylation sites (N-methyl/N-ethyl adjacent to an activating group) is 1. The number of esters is 1. The molecule has 1 aromatic carbocycles. The quantitative estimate of drug-likeness (QED) is 0.283. The van der Waals surface area contributed by atoms with E-state index in [1.807, 2.05) is 73.7 Å². The van der Waals surface area contributed by atoms with Crippen molar-refractivity contribution in [3.05, 3.63) is 35.9 Å². The normalized spacial score (nSPS) is 47.4. The van der Waals surface area contributed by atoms with Gasteiger partial charge in [-0.05, 0) is 79.3 Å². The van der Waals surface area contributed by atoms with Crippen molar-refractivity contribution in [2.45, 2.75) is 192 Å². The average molecular weight is 778 g/mol. The van der Waals surface area contributed by atoms with Gasteiger partial charge in [0.15, 0.2) is 12.6 Å². The molecule has 2 bridgehead atoms. The summed E-state index contributed by atoms with van der Waals surface area (Å²) in [6.45, 7) is 19.7. The molecule has 4 aliphatic rings. The zero-order valence-corrected chi connectivity index (χ0v) is 35.3. The number of fused-ring (bicyclic) bond motifs is 2. The van der Waals surface area contributed by atoms with Crippen LogP contribution in [0, 0.1) is 23.7 Å². The van der Waals surface area contributed by atoms with Crippen LogP contribution in [0.1, 0.15) is 107 Å². The van der Waals surface area contributed by atoms with Gasteiger partial charge < -0.3 is 48.5 Å². The zero-order valence-electron chi connectivity index (χ0n) is 35.3. The number of carbonyl (C=O) groups is 1. The molecule has 314 valence electrons. The second-order valence-corrected chi connectivity index (χ2v) is 18.2. The predicted molar refractivity (Wildman–Crippen MR) is 207 cm³/mol. The van der Waals surface area contributed by atoms with E-state index in [0.29, 0.717) is 32.2 Å². The number of ether oxygens (including phenoxy) is 7. The van der Waals surface area contributed by atoms with Crippen molar-refractivity contribution in [2.75, 3.05) is 14.2 Å². The van der Waals surface area contributed by atoms with Crippen molar-refractivity contribution in [2.24, 2.45) is 23.7 Å². The highest BCUT2D eigenvalue weighted by Gasteiger charge is 2.57. The molecule has 0 unspecified atom stereocenters. The Morgan fingerprint density at radius 3 is 2.22 bits per heavy atom. The lowest BCUT2D eigenvalue weighted by atomic mass is 9.76. The summed E-state index contributed by atoms with van der Waals surface area (Å²) in [6, 6.07) is 9.88. The molecular formula is C43H71NO11. The standard InChI is InChI=1S/C43H71NO11/c1-13-32-43(10,48)37(46)27(5)35-24(2)20-42(9,55-35)38(54-40-34(45)31(19-25(3)51-40)44(11)23-30-17-15-14-16-18-30)28(6)36(29(7)39(47)52-32)53-33-22-41(8,49-12)21-26(4)50-33/h14-18,24-29,31-38,40,45-46,48H,13,19-23H2,1-12H3/t24-,25+,26-,27+,28-,29+,31-,32-,33-,34+,35+,36-,37+,38+,40-,41-,42-,43+/m0/s1. The Labute approximate surface area is 329 Å². The Morgan fingerprint density at radius 1 is 0.909 bits per heavy atom. The molecule has 4 aliphatic heterocycles. The molecule has 4 fully saturated rings. The minimum absolute atomic E-state index is 0.0445. The topological polar surface area (TPSA) is 146 Å². The Kier molecular flexibility index (Phi) is 14.2. The number of aliphatic hydroxyl groups excluding tert-OH is 2. The summed E-state index contributed by atoms with van der Waals surface area (Å²) in [7, 11) is 3.69. The van der Waals surface area contributed by atoms with Crippen molar-refractivity contribution in [3.8, 4) is 0 Å². The molecule has 1 aromatic rings. The fourth-order valence-corrected chi connectivity index (χ4v) is 10.2. The lowest BCUT2D eigenvalue weighted by Gasteiger charge is -2.48. The van der Waals surface area contributed by atoms with Crippen LogP contribution < -0.4 is 0 Å². The molecule has 12 heteroatoms. The second-order valence-electron chi connectivity index (χ2n) is 18.2. The van der Waals surface area contributed by atoms with Crippen LogP contribution in [0.25, 0.3) is 0 Å². The third-order valence-corrected chi connectivity index (χ3v) is 13.3. The third kappa shape index (κ3) is 9.61. The number of hydrogen-bond donors (Lipinski definition) is 3. The van der Waals surface area contributed by atoms with Crippen molar-refractivity contribution in [3.63, 3.8) is 0 Å². The first-order valence-corrected chi connectivity index (χ1v) is 20.6. The first-order valence-electron chi connectivity index (χ1n) is 20.6. The van der Waals surface area contributed by atoms with Gasteiger partial charge in [0.1, 0.15) is 17.8 Å². The number of methoxy groups -OCH3 is 1. The van der Waals surface area contributed by atoms with E-state index in [2.05, 4.69) is 24.0 Å². The smallest absolute Gasteiger partial charge is 0.311 e. The second kappa shape index (κ2) is 17.6. The van der Waals surface area contributed by atoms with Crippen molar-refractivity contribution < 1.29 is 53.3 Å². The van der Waals surface area contributed by atoms with Crippen LogP contribution in [-0.2, 0) is 44.5 Å².